The smallest absolute Gasteiger partial charge is 0.131 e. The molecule has 0 aliphatic heterocycles. The van der Waals surface area contributed by atoms with Crippen molar-refractivity contribution in [3.63, 3.8) is 0 Å². The fourth-order valence-electron chi connectivity index (χ4n) is 1.58. The van der Waals surface area contributed by atoms with Crippen molar-refractivity contribution in [3.05, 3.63) is 54.8 Å². The molecule has 2 N–H and O–H groups in total. The van der Waals surface area contributed by atoms with Crippen molar-refractivity contribution in [3.8, 4) is 0 Å². The molecule has 1 aromatic carbocycles. The van der Waals surface area contributed by atoms with Gasteiger partial charge in [0.15, 0.2) is 0 Å². The van der Waals surface area contributed by atoms with Crippen molar-refractivity contribution in [1.29, 1.82) is 0 Å². The summed E-state index contributed by atoms with van der Waals surface area (Å²) in [6, 6.07) is 3.73. The van der Waals surface area contributed by atoms with Crippen LogP contribution in [-0.4, -0.2) is 0 Å². The molecule has 0 amide bonds. The number of benzene rings is 1. The third kappa shape index (κ3) is 2.66. The highest BCUT2D eigenvalue weighted by molar-refractivity contribution is 14.1. The number of thiophene rings is 1. The summed E-state index contributed by atoms with van der Waals surface area (Å²) in [7, 11) is 0. The maximum Gasteiger partial charge on any atom is 0.131 e. The van der Waals surface area contributed by atoms with Gasteiger partial charge in [0.05, 0.1) is 8.93 Å². The molecular formula is C12H10F2INS. The first-order valence-corrected chi connectivity index (χ1v) is 6.90. The monoisotopic (exact) mass is 365 g/mol. The number of nitrogens with two attached hydrogens (primary N) is 1. The van der Waals surface area contributed by atoms with Gasteiger partial charge >= 0.3 is 0 Å². The van der Waals surface area contributed by atoms with E-state index in [1.54, 1.807) is 18.3 Å². The van der Waals surface area contributed by atoms with Crippen LogP contribution in [0.2, 0.25) is 0 Å². The maximum atomic E-state index is 13.7. The topological polar surface area (TPSA) is 26.0 Å². The van der Waals surface area contributed by atoms with Crippen LogP contribution in [0.25, 0.3) is 0 Å². The van der Waals surface area contributed by atoms with Gasteiger partial charge < -0.3 is 5.73 Å². The van der Waals surface area contributed by atoms with Crippen LogP contribution in [0.3, 0.4) is 0 Å². The second-order valence-electron chi connectivity index (χ2n) is 3.78. The lowest BCUT2D eigenvalue weighted by Gasteiger charge is -2.12. The molecule has 1 nitrogen and oxygen atoms in total. The average Bonchev–Trinajstić information content (AvgIpc) is 2.69. The Balaban J connectivity index is 2.43. The predicted octanol–water partition coefficient (Wildman–Crippen LogP) is 3.99. The standard InChI is InChI=1S/C12H10F2INS/c1-6-2-8(10(14)4-9(6)13)12(16)7-3-11(15)17-5-7/h2-5,12H,16H2,1H3. The van der Waals surface area contributed by atoms with E-state index in [2.05, 4.69) is 22.6 Å². The largest absolute Gasteiger partial charge is 0.320 e. The maximum absolute atomic E-state index is 13.7. The van der Waals surface area contributed by atoms with Crippen molar-refractivity contribution < 1.29 is 8.78 Å². The summed E-state index contributed by atoms with van der Waals surface area (Å²) in [6.07, 6.45) is 0. The Labute approximate surface area is 116 Å². The summed E-state index contributed by atoms with van der Waals surface area (Å²) in [5.41, 5.74) is 7.58. The Morgan fingerprint density at radius 2 is 1.94 bits per heavy atom. The van der Waals surface area contributed by atoms with Crippen LogP contribution in [0.4, 0.5) is 8.78 Å². The van der Waals surface area contributed by atoms with Crippen molar-refractivity contribution in [2.45, 2.75) is 13.0 Å². The van der Waals surface area contributed by atoms with Gasteiger partial charge in [0.25, 0.3) is 0 Å². The molecule has 1 atom stereocenters. The number of rotatable bonds is 2. The van der Waals surface area contributed by atoms with Crippen molar-refractivity contribution in [2.24, 2.45) is 5.73 Å². The quantitative estimate of drug-likeness (QED) is 0.801. The summed E-state index contributed by atoms with van der Waals surface area (Å²) in [5, 5.41) is 1.89. The molecule has 0 spiro atoms. The Morgan fingerprint density at radius 1 is 1.24 bits per heavy atom. The van der Waals surface area contributed by atoms with Gasteiger partial charge in [0.2, 0.25) is 0 Å². The van der Waals surface area contributed by atoms with E-state index in [0.29, 0.717) is 11.1 Å². The van der Waals surface area contributed by atoms with Crippen LogP contribution in [0.15, 0.2) is 23.6 Å². The minimum absolute atomic E-state index is 0.332. The van der Waals surface area contributed by atoms with Crippen LogP contribution in [0, 0.1) is 21.4 Å². The Hall–Kier alpha value is -0.530. The lowest BCUT2D eigenvalue weighted by Crippen LogP contribution is -2.13. The van der Waals surface area contributed by atoms with Gasteiger partial charge in [-0.25, -0.2) is 8.78 Å². The predicted molar refractivity (Wildman–Crippen MR) is 74.2 cm³/mol. The van der Waals surface area contributed by atoms with Crippen molar-refractivity contribution >= 4 is 33.9 Å². The zero-order chi connectivity index (χ0) is 12.6. The third-order valence-corrected chi connectivity index (χ3v) is 4.37. The lowest BCUT2D eigenvalue weighted by molar-refractivity contribution is 0.561. The summed E-state index contributed by atoms with van der Waals surface area (Å²) >= 11 is 3.73. The number of hydrogen-bond acceptors (Lipinski definition) is 2. The molecule has 17 heavy (non-hydrogen) atoms. The highest BCUT2D eigenvalue weighted by atomic mass is 127. The highest BCUT2D eigenvalue weighted by Gasteiger charge is 2.16. The molecule has 2 rings (SSSR count). The summed E-state index contributed by atoms with van der Waals surface area (Å²) in [4.78, 5) is 0. The van der Waals surface area contributed by atoms with Gasteiger partial charge in [-0.3, -0.25) is 0 Å². The molecule has 0 aliphatic rings. The number of aryl methyl sites for hydroxylation is 1. The molecule has 0 aliphatic carbocycles. The Kier molecular flexibility index (Phi) is 3.79. The van der Waals surface area contributed by atoms with E-state index in [4.69, 9.17) is 5.73 Å². The van der Waals surface area contributed by atoms with Crippen LogP contribution in [0.1, 0.15) is 22.7 Å². The van der Waals surface area contributed by atoms with E-state index < -0.39 is 17.7 Å². The molecule has 1 heterocycles. The van der Waals surface area contributed by atoms with Gasteiger partial charge in [-0.2, -0.15) is 0 Å². The first-order chi connectivity index (χ1) is 7.99. The molecule has 0 fully saturated rings. The molecule has 0 saturated carbocycles. The van der Waals surface area contributed by atoms with Crippen LogP contribution in [-0.2, 0) is 0 Å². The highest BCUT2D eigenvalue weighted by Crippen LogP contribution is 2.28. The van der Waals surface area contributed by atoms with Crippen LogP contribution >= 0.6 is 33.9 Å². The van der Waals surface area contributed by atoms with E-state index >= 15 is 0 Å². The van der Waals surface area contributed by atoms with Gasteiger partial charge in [-0.15, -0.1) is 11.3 Å². The summed E-state index contributed by atoms with van der Waals surface area (Å²) in [6.45, 7) is 1.60. The van der Waals surface area contributed by atoms with E-state index in [9.17, 15) is 8.78 Å². The van der Waals surface area contributed by atoms with Gasteiger partial charge in [0, 0.05) is 11.6 Å². The second kappa shape index (κ2) is 4.99. The molecule has 1 aromatic heterocycles. The van der Waals surface area contributed by atoms with E-state index in [0.717, 1.165) is 14.5 Å². The first kappa shape index (κ1) is 12.9. The Morgan fingerprint density at radius 3 is 2.53 bits per heavy atom. The molecule has 0 radical (unpaired) electrons. The molecule has 2 aromatic rings. The third-order valence-electron chi connectivity index (χ3n) is 2.56. The average molecular weight is 365 g/mol. The molecule has 0 saturated heterocycles. The molecular weight excluding hydrogens is 355 g/mol. The van der Waals surface area contributed by atoms with Gasteiger partial charge in [-0.1, -0.05) is 0 Å². The first-order valence-electron chi connectivity index (χ1n) is 4.94. The second-order valence-corrected chi connectivity index (χ2v) is 6.59. The zero-order valence-electron chi connectivity index (χ0n) is 9.01. The normalized spacial score (nSPS) is 12.8. The Bertz CT molecular complexity index is 553. The van der Waals surface area contributed by atoms with E-state index in [-0.39, 0.29) is 0 Å². The summed E-state index contributed by atoms with van der Waals surface area (Å²) in [5.74, 6) is -1.14. The van der Waals surface area contributed by atoms with Gasteiger partial charge in [0.1, 0.15) is 11.6 Å². The zero-order valence-corrected chi connectivity index (χ0v) is 12.0. The number of hydrogen-bond donors (Lipinski definition) is 1. The van der Waals surface area contributed by atoms with Crippen molar-refractivity contribution in [1.82, 2.24) is 0 Å². The molecule has 90 valence electrons. The minimum Gasteiger partial charge on any atom is -0.320 e. The summed E-state index contributed by atoms with van der Waals surface area (Å²) < 4.78 is 27.9. The SMILES string of the molecule is Cc1cc(C(N)c2csc(I)c2)c(F)cc1F. The van der Waals surface area contributed by atoms with Crippen LogP contribution < -0.4 is 5.73 Å². The minimum atomic E-state index is -0.596. The lowest BCUT2D eigenvalue weighted by atomic mass is 9.99. The molecule has 0 bridgehead atoms. The van der Waals surface area contributed by atoms with E-state index in [1.807, 2.05) is 11.4 Å². The van der Waals surface area contributed by atoms with E-state index in [1.165, 1.54) is 6.07 Å². The molecule has 5 heteroatoms. The van der Waals surface area contributed by atoms with Gasteiger partial charge in [-0.05, 0) is 58.2 Å². The molecule has 1 unspecified atom stereocenters. The fraction of sp³-hybridized carbons (Fsp3) is 0.167. The van der Waals surface area contributed by atoms with Crippen LogP contribution in [0.5, 0.6) is 0 Å². The number of halogens is 3. The van der Waals surface area contributed by atoms with Crippen molar-refractivity contribution in [2.75, 3.05) is 0 Å². The fourth-order valence-corrected chi connectivity index (χ4v) is 2.99.